The molecule has 1 aromatic rings. The van der Waals surface area contributed by atoms with Crippen LogP contribution in [0, 0.1) is 0 Å². The van der Waals surface area contributed by atoms with Crippen molar-refractivity contribution in [3.8, 4) is 0 Å². The highest BCUT2D eigenvalue weighted by atomic mass is 79.9. The summed E-state index contributed by atoms with van der Waals surface area (Å²) in [5, 5.41) is 0. The highest BCUT2D eigenvalue weighted by Gasteiger charge is 2.33. The second kappa shape index (κ2) is 3.06. The first-order valence-corrected chi connectivity index (χ1v) is 4.74. The topological polar surface area (TPSA) is 37.4 Å². The summed E-state index contributed by atoms with van der Waals surface area (Å²) in [6.45, 7) is 3.42. The molecule has 1 heterocycles. The van der Waals surface area contributed by atoms with Crippen molar-refractivity contribution in [2.45, 2.75) is 0 Å². The van der Waals surface area contributed by atoms with E-state index in [1.54, 1.807) is 18.2 Å². The number of carbonyl (C=O) groups is 2. The van der Waals surface area contributed by atoms with Crippen molar-refractivity contribution in [3.63, 3.8) is 0 Å². The van der Waals surface area contributed by atoms with Gasteiger partial charge in [0, 0.05) is 10.7 Å². The van der Waals surface area contributed by atoms with Gasteiger partial charge in [0.1, 0.15) is 0 Å². The first-order valence-electron chi connectivity index (χ1n) is 3.95. The maximum atomic E-state index is 11.6. The molecule has 0 aromatic heterocycles. The summed E-state index contributed by atoms with van der Waals surface area (Å²) < 4.78 is 0.781. The second-order valence-electron chi connectivity index (χ2n) is 2.85. The number of imide groups is 1. The normalized spacial score (nSPS) is 14.5. The van der Waals surface area contributed by atoms with Gasteiger partial charge in [0.2, 0.25) is 0 Å². The van der Waals surface area contributed by atoms with Crippen molar-refractivity contribution in [2.75, 3.05) is 0 Å². The molecule has 1 aliphatic rings. The van der Waals surface area contributed by atoms with Gasteiger partial charge in [-0.2, -0.15) is 0 Å². The van der Waals surface area contributed by atoms with Crippen LogP contribution in [0.4, 0.5) is 0 Å². The van der Waals surface area contributed by atoms with Gasteiger partial charge in [0.15, 0.2) is 0 Å². The van der Waals surface area contributed by atoms with E-state index in [1.165, 1.54) is 6.20 Å². The molecule has 2 amide bonds. The third-order valence-corrected chi connectivity index (χ3v) is 2.56. The Balaban J connectivity index is 2.64. The predicted octanol–water partition coefficient (Wildman–Crippen LogP) is 2.19. The minimum atomic E-state index is -0.318. The SMILES string of the molecule is C=CN1C(=O)c2ccc(Br)cc2C1=O. The number of benzene rings is 1. The summed E-state index contributed by atoms with van der Waals surface area (Å²) in [5.74, 6) is -0.631. The number of fused-ring (bicyclic) bond motifs is 1. The zero-order chi connectivity index (χ0) is 10.3. The minimum absolute atomic E-state index is 0.312. The lowest BCUT2D eigenvalue weighted by atomic mass is 10.1. The second-order valence-corrected chi connectivity index (χ2v) is 3.77. The lowest BCUT2D eigenvalue weighted by molar-refractivity contribution is 0.0722. The number of rotatable bonds is 1. The zero-order valence-electron chi connectivity index (χ0n) is 7.16. The molecule has 0 bridgehead atoms. The summed E-state index contributed by atoms with van der Waals surface area (Å²) in [6.07, 6.45) is 1.23. The Bertz CT molecular complexity index is 453. The molecule has 0 saturated heterocycles. The van der Waals surface area contributed by atoms with Gasteiger partial charge in [0.05, 0.1) is 11.1 Å². The molecule has 0 unspecified atom stereocenters. The van der Waals surface area contributed by atoms with Gasteiger partial charge in [-0.3, -0.25) is 9.59 Å². The maximum Gasteiger partial charge on any atom is 0.265 e. The molecule has 14 heavy (non-hydrogen) atoms. The highest BCUT2D eigenvalue weighted by molar-refractivity contribution is 9.10. The van der Waals surface area contributed by atoms with E-state index in [0.29, 0.717) is 11.1 Å². The number of nitrogens with zero attached hydrogens (tertiary/aromatic N) is 1. The molecule has 70 valence electrons. The van der Waals surface area contributed by atoms with Crippen molar-refractivity contribution in [3.05, 3.63) is 46.6 Å². The molecule has 0 fully saturated rings. The largest absolute Gasteiger partial charge is 0.268 e. The maximum absolute atomic E-state index is 11.6. The summed E-state index contributed by atoms with van der Waals surface area (Å²) in [5.41, 5.74) is 0.849. The molecule has 2 rings (SSSR count). The number of halogens is 1. The van der Waals surface area contributed by atoms with E-state index in [4.69, 9.17) is 0 Å². The van der Waals surface area contributed by atoms with Crippen molar-refractivity contribution in [1.82, 2.24) is 4.90 Å². The zero-order valence-corrected chi connectivity index (χ0v) is 8.74. The number of amides is 2. The first kappa shape index (κ1) is 9.15. The first-order chi connectivity index (χ1) is 6.65. The smallest absolute Gasteiger partial charge is 0.265 e. The van der Waals surface area contributed by atoms with E-state index in [9.17, 15) is 9.59 Å². The summed E-state index contributed by atoms with van der Waals surface area (Å²) in [7, 11) is 0. The fourth-order valence-corrected chi connectivity index (χ4v) is 1.76. The molecule has 0 aliphatic carbocycles. The molecule has 1 aromatic carbocycles. The lowest BCUT2D eigenvalue weighted by Gasteiger charge is -2.04. The van der Waals surface area contributed by atoms with Gasteiger partial charge in [-0.05, 0) is 18.2 Å². The van der Waals surface area contributed by atoms with Crippen LogP contribution in [0.3, 0.4) is 0 Å². The van der Waals surface area contributed by atoms with Crippen molar-refractivity contribution < 1.29 is 9.59 Å². The summed E-state index contributed by atoms with van der Waals surface area (Å²) in [4.78, 5) is 24.2. The van der Waals surface area contributed by atoms with Gasteiger partial charge in [-0.15, -0.1) is 0 Å². The van der Waals surface area contributed by atoms with Crippen LogP contribution >= 0.6 is 15.9 Å². The average molecular weight is 252 g/mol. The van der Waals surface area contributed by atoms with E-state index in [2.05, 4.69) is 22.5 Å². The summed E-state index contributed by atoms with van der Waals surface area (Å²) >= 11 is 3.25. The molecular formula is C10H6BrNO2. The number of hydrogen-bond acceptors (Lipinski definition) is 2. The standard InChI is InChI=1S/C10H6BrNO2/c1-2-12-9(13)7-4-3-6(11)5-8(7)10(12)14/h2-5H,1H2. The van der Waals surface area contributed by atoms with Crippen LogP contribution in [0.2, 0.25) is 0 Å². The van der Waals surface area contributed by atoms with Crippen LogP contribution in [0.1, 0.15) is 20.7 Å². The van der Waals surface area contributed by atoms with Crippen molar-refractivity contribution in [1.29, 1.82) is 0 Å². The van der Waals surface area contributed by atoms with Gasteiger partial charge < -0.3 is 0 Å². The van der Waals surface area contributed by atoms with Gasteiger partial charge >= 0.3 is 0 Å². The quantitative estimate of drug-likeness (QED) is 0.718. The van der Waals surface area contributed by atoms with E-state index in [0.717, 1.165) is 9.37 Å². The average Bonchev–Trinajstić information content (AvgIpc) is 2.39. The van der Waals surface area contributed by atoms with E-state index in [-0.39, 0.29) is 11.8 Å². The van der Waals surface area contributed by atoms with Crippen LogP contribution in [-0.4, -0.2) is 16.7 Å². The van der Waals surface area contributed by atoms with Gasteiger partial charge in [-0.25, -0.2) is 4.90 Å². The Labute approximate surface area is 89.1 Å². The number of carbonyl (C=O) groups excluding carboxylic acids is 2. The molecule has 4 heteroatoms. The monoisotopic (exact) mass is 251 g/mol. The molecule has 0 atom stereocenters. The Morgan fingerprint density at radius 1 is 1.21 bits per heavy atom. The van der Waals surface area contributed by atoms with Crippen LogP contribution in [0.25, 0.3) is 0 Å². The molecular weight excluding hydrogens is 246 g/mol. The van der Waals surface area contributed by atoms with Crippen LogP contribution < -0.4 is 0 Å². The molecule has 0 N–H and O–H groups in total. The Morgan fingerprint density at radius 2 is 1.86 bits per heavy atom. The third kappa shape index (κ3) is 1.11. The number of hydrogen-bond donors (Lipinski definition) is 0. The Hall–Kier alpha value is -1.42. The van der Waals surface area contributed by atoms with Crippen molar-refractivity contribution >= 4 is 27.7 Å². The van der Waals surface area contributed by atoms with Crippen molar-refractivity contribution in [2.24, 2.45) is 0 Å². The molecule has 0 saturated carbocycles. The minimum Gasteiger partial charge on any atom is -0.268 e. The molecule has 3 nitrogen and oxygen atoms in total. The highest BCUT2D eigenvalue weighted by Crippen LogP contribution is 2.25. The van der Waals surface area contributed by atoms with E-state index < -0.39 is 0 Å². The van der Waals surface area contributed by atoms with E-state index >= 15 is 0 Å². The fourth-order valence-electron chi connectivity index (χ4n) is 1.40. The lowest BCUT2D eigenvalue weighted by Crippen LogP contribution is -2.22. The predicted molar refractivity (Wildman–Crippen MR) is 54.8 cm³/mol. The molecule has 1 aliphatic heterocycles. The van der Waals surface area contributed by atoms with Gasteiger partial charge in [0.25, 0.3) is 11.8 Å². The van der Waals surface area contributed by atoms with E-state index in [1.807, 2.05) is 0 Å². The third-order valence-electron chi connectivity index (χ3n) is 2.06. The van der Waals surface area contributed by atoms with Gasteiger partial charge in [-0.1, -0.05) is 22.5 Å². The van der Waals surface area contributed by atoms with Crippen LogP contribution in [0.15, 0.2) is 35.5 Å². The Morgan fingerprint density at radius 3 is 2.50 bits per heavy atom. The Kier molecular flexibility index (Phi) is 2.00. The molecule has 0 radical (unpaired) electrons. The molecule has 0 spiro atoms. The summed E-state index contributed by atoms with van der Waals surface area (Å²) in [6, 6.07) is 5.00. The van der Waals surface area contributed by atoms with Crippen LogP contribution in [-0.2, 0) is 0 Å². The van der Waals surface area contributed by atoms with Crippen LogP contribution in [0.5, 0.6) is 0 Å². The fraction of sp³-hybridized carbons (Fsp3) is 0.